The number of fused-ring (bicyclic) bond motifs is 2. The van der Waals surface area contributed by atoms with Crippen molar-refractivity contribution in [2.45, 2.75) is 50.3 Å². The number of rotatable bonds is 5. The van der Waals surface area contributed by atoms with E-state index in [1.807, 2.05) is 17.0 Å². The number of carbonyl (C=O) groups excluding carboxylic acids is 1. The van der Waals surface area contributed by atoms with Crippen LogP contribution in [0, 0.1) is 5.92 Å². The monoisotopic (exact) mass is 514 g/mol. The molecule has 3 aliphatic rings. The largest absolute Gasteiger partial charge is 0.371 e. The molecule has 1 atom stereocenters. The third-order valence-corrected chi connectivity index (χ3v) is 9.83. The molecule has 2 aromatic carbocycles. The lowest BCUT2D eigenvalue weighted by Crippen LogP contribution is -2.23. The minimum Gasteiger partial charge on any atom is -0.371 e. The maximum absolute atomic E-state index is 13.5. The molecule has 190 valence electrons. The summed E-state index contributed by atoms with van der Waals surface area (Å²) in [4.78, 5) is 27.5. The van der Waals surface area contributed by atoms with Gasteiger partial charge in [-0.1, -0.05) is 31.2 Å². The highest BCUT2D eigenvalue weighted by atomic mass is 32.2. The summed E-state index contributed by atoms with van der Waals surface area (Å²) in [5.41, 5.74) is 6.68. The van der Waals surface area contributed by atoms with Gasteiger partial charge in [-0.05, 0) is 56.0 Å². The van der Waals surface area contributed by atoms with E-state index in [2.05, 4.69) is 28.9 Å². The van der Waals surface area contributed by atoms with Gasteiger partial charge in [0.25, 0.3) is 5.91 Å². The Balaban J connectivity index is 1.27. The molecule has 0 N–H and O–H groups in total. The molecule has 8 heteroatoms. The number of hydrogen-bond donors (Lipinski definition) is 0. The van der Waals surface area contributed by atoms with Crippen LogP contribution < -0.4 is 4.90 Å². The van der Waals surface area contributed by atoms with Gasteiger partial charge in [-0.25, -0.2) is 13.4 Å². The van der Waals surface area contributed by atoms with Gasteiger partial charge >= 0.3 is 0 Å². The maximum atomic E-state index is 13.5. The SMILES string of the molecule is CC(C)S(=O)(=O)c1ccc(-c2cnc3c(n2)C(N2Cc4ccc(N5CC[C@@H](C)C5)cc4C2=O)=CC3)cc1. The van der Waals surface area contributed by atoms with Crippen LogP contribution in [0.25, 0.3) is 17.0 Å². The average Bonchev–Trinajstić information content (AvgIpc) is 3.60. The van der Waals surface area contributed by atoms with Gasteiger partial charge in [0.1, 0.15) is 5.69 Å². The molecule has 7 nitrogen and oxygen atoms in total. The van der Waals surface area contributed by atoms with Gasteiger partial charge in [0.05, 0.1) is 40.0 Å². The summed E-state index contributed by atoms with van der Waals surface area (Å²) in [6, 6.07) is 13.0. The van der Waals surface area contributed by atoms with Crippen LogP contribution in [0.15, 0.2) is 59.6 Å². The molecule has 0 unspecified atom stereocenters. The summed E-state index contributed by atoms with van der Waals surface area (Å²) in [6.07, 6.45) is 5.55. The van der Waals surface area contributed by atoms with E-state index in [4.69, 9.17) is 4.98 Å². The van der Waals surface area contributed by atoms with Gasteiger partial charge in [-0.15, -0.1) is 0 Å². The fourth-order valence-corrected chi connectivity index (χ4v) is 6.43. The van der Waals surface area contributed by atoms with Gasteiger partial charge in [0.15, 0.2) is 9.84 Å². The fraction of sp³-hybridized carbons (Fsp3) is 0.345. The van der Waals surface area contributed by atoms with Crippen LogP contribution in [0.1, 0.15) is 54.5 Å². The molecule has 1 aromatic heterocycles. The van der Waals surface area contributed by atoms with Crippen molar-refractivity contribution in [2.24, 2.45) is 5.92 Å². The van der Waals surface area contributed by atoms with E-state index in [0.717, 1.165) is 46.9 Å². The molecule has 1 saturated heterocycles. The lowest BCUT2D eigenvalue weighted by molar-refractivity contribution is 0.0854. The third-order valence-electron chi connectivity index (χ3n) is 7.66. The second-order valence-electron chi connectivity index (χ2n) is 10.5. The molecule has 2 aliphatic heterocycles. The number of anilines is 1. The molecular weight excluding hydrogens is 484 g/mol. The summed E-state index contributed by atoms with van der Waals surface area (Å²) >= 11 is 0. The predicted molar refractivity (Wildman–Crippen MR) is 144 cm³/mol. The molecule has 1 fully saturated rings. The number of sulfone groups is 1. The summed E-state index contributed by atoms with van der Waals surface area (Å²) in [5.74, 6) is 0.669. The van der Waals surface area contributed by atoms with E-state index in [-0.39, 0.29) is 5.91 Å². The Hall–Kier alpha value is -3.52. The zero-order valence-corrected chi connectivity index (χ0v) is 22.1. The van der Waals surface area contributed by atoms with E-state index < -0.39 is 15.1 Å². The van der Waals surface area contributed by atoms with Crippen LogP contribution in [0.2, 0.25) is 0 Å². The molecule has 6 rings (SSSR count). The Morgan fingerprint density at radius 1 is 1.08 bits per heavy atom. The normalized spacial score (nSPS) is 19.0. The molecule has 1 aliphatic carbocycles. The van der Waals surface area contributed by atoms with Crippen molar-refractivity contribution in [2.75, 3.05) is 18.0 Å². The van der Waals surface area contributed by atoms with Gasteiger partial charge in [0, 0.05) is 36.3 Å². The van der Waals surface area contributed by atoms with Crippen LogP contribution in [-0.4, -0.2) is 47.5 Å². The zero-order valence-electron chi connectivity index (χ0n) is 21.3. The number of nitrogens with zero attached hydrogens (tertiary/aromatic N) is 4. The Bertz CT molecular complexity index is 1540. The Morgan fingerprint density at radius 2 is 1.86 bits per heavy atom. The van der Waals surface area contributed by atoms with Crippen LogP contribution in [0.5, 0.6) is 0 Å². The Kier molecular flexibility index (Phi) is 5.67. The average molecular weight is 515 g/mol. The second-order valence-corrected chi connectivity index (χ2v) is 13.0. The highest BCUT2D eigenvalue weighted by Gasteiger charge is 2.34. The molecule has 0 spiro atoms. The Morgan fingerprint density at radius 3 is 2.57 bits per heavy atom. The molecule has 0 radical (unpaired) electrons. The Labute approximate surface area is 217 Å². The topological polar surface area (TPSA) is 83.5 Å². The quantitative estimate of drug-likeness (QED) is 0.490. The lowest BCUT2D eigenvalue weighted by atomic mass is 10.1. The van der Waals surface area contributed by atoms with Crippen molar-refractivity contribution in [1.82, 2.24) is 14.9 Å². The first-order chi connectivity index (χ1) is 17.7. The number of amides is 1. The molecule has 1 amide bonds. The van der Waals surface area contributed by atoms with Crippen molar-refractivity contribution in [3.63, 3.8) is 0 Å². The summed E-state index contributed by atoms with van der Waals surface area (Å²) in [6.45, 7) is 8.19. The van der Waals surface area contributed by atoms with E-state index in [0.29, 0.717) is 35.2 Å². The third kappa shape index (κ3) is 4.03. The van der Waals surface area contributed by atoms with Crippen LogP contribution >= 0.6 is 0 Å². The van der Waals surface area contributed by atoms with Gasteiger partial charge in [-0.2, -0.15) is 0 Å². The number of allylic oxidation sites excluding steroid dienone is 1. The molecule has 0 saturated carbocycles. The van der Waals surface area contributed by atoms with Crippen molar-refractivity contribution < 1.29 is 13.2 Å². The van der Waals surface area contributed by atoms with Crippen molar-refractivity contribution >= 4 is 27.1 Å². The number of carbonyl (C=O) groups is 1. The fourth-order valence-electron chi connectivity index (χ4n) is 5.37. The zero-order chi connectivity index (χ0) is 25.9. The number of benzene rings is 2. The van der Waals surface area contributed by atoms with Gasteiger partial charge in [-0.3, -0.25) is 9.78 Å². The molecule has 0 bridgehead atoms. The summed E-state index contributed by atoms with van der Waals surface area (Å²) in [7, 11) is -3.34. The van der Waals surface area contributed by atoms with Gasteiger partial charge in [0.2, 0.25) is 0 Å². The lowest BCUT2D eigenvalue weighted by Gasteiger charge is -2.19. The summed E-state index contributed by atoms with van der Waals surface area (Å²) in [5, 5.41) is -0.483. The highest BCUT2D eigenvalue weighted by molar-refractivity contribution is 7.92. The first-order valence-electron chi connectivity index (χ1n) is 12.8. The maximum Gasteiger partial charge on any atom is 0.259 e. The van der Waals surface area contributed by atoms with Crippen molar-refractivity contribution in [3.05, 3.63) is 77.3 Å². The van der Waals surface area contributed by atoms with Crippen LogP contribution in [0.4, 0.5) is 5.69 Å². The predicted octanol–water partition coefficient (Wildman–Crippen LogP) is 4.72. The van der Waals surface area contributed by atoms with Gasteiger partial charge < -0.3 is 9.80 Å². The summed E-state index contributed by atoms with van der Waals surface area (Å²) < 4.78 is 25.0. The van der Waals surface area contributed by atoms with E-state index in [9.17, 15) is 13.2 Å². The smallest absolute Gasteiger partial charge is 0.259 e. The van der Waals surface area contributed by atoms with E-state index >= 15 is 0 Å². The second kappa shape index (κ2) is 8.80. The van der Waals surface area contributed by atoms with Crippen molar-refractivity contribution in [1.29, 1.82) is 0 Å². The van der Waals surface area contributed by atoms with E-state index in [1.165, 1.54) is 6.42 Å². The van der Waals surface area contributed by atoms with Crippen LogP contribution in [-0.2, 0) is 22.8 Å². The molecule has 3 aromatic rings. The first kappa shape index (κ1) is 23.9. The first-order valence-corrected chi connectivity index (χ1v) is 14.4. The standard InChI is InChI=1S/C29H30N4O3S/c1-18(2)37(35,36)23-8-5-20(6-9-23)26-15-30-25-10-11-27(28(25)31-26)33-17-21-4-7-22(14-24(21)29(33)34)32-13-12-19(3)16-32/h4-9,11,14-15,18-19H,10,12-13,16-17H2,1-3H3/t19-/m1/s1. The minimum absolute atomic E-state index is 0.00126. The molecule has 3 heterocycles. The van der Waals surface area contributed by atoms with Crippen LogP contribution in [0.3, 0.4) is 0 Å². The van der Waals surface area contributed by atoms with Crippen molar-refractivity contribution in [3.8, 4) is 11.3 Å². The molecular formula is C29H30N4O3S. The van der Waals surface area contributed by atoms with E-state index in [1.54, 1.807) is 44.3 Å². The minimum atomic E-state index is -3.34. The number of hydrogen-bond acceptors (Lipinski definition) is 6. The highest BCUT2D eigenvalue weighted by Crippen LogP contribution is 2.37. The molecule has 37 heavy (non-hydrogen) atoms. The number of aromatic nitrogens is 2.